The summed E-state index contributed by atoms with van der Waals surface area (Å²) in [5.74, 6) is 1.74. The molecular weight excluding hydrogens is 246 g/mol. The van der Waals surface area contributed by atoms with Crippen molar-refractivity contribution in [2.24, 2.45) is 11.8 Å². The molecule has 1 aromatic carbocycles. The van der Waals surface area contributed by atoms with Gasteiger partial charge in [0.25, 0.3) is 0 Å². The van der Waals surface area contributed by atoms with Crippen molar-refractivity contribution in [3.8, 4) is 0 Å². The third kappa shape index (κ3) is 1.95. The van der Waals surface area contributed by atoms with Gasteiger partial charge in [-0.05, 0) is 65.8 Å². The largest absolute Gasteiger partial charge is 0.392 e. The van der Waals surface area contributed by atoms with Crippen molar-refractivity contribution >= 4 is 0 Å². The maximum Gasteiger partial charge on any atom is 0.0617 e. The zero-order valence-corrected chi connectivity index (χ0v) is 11.4. The molecule has 4 atom stereocenters. The molecule has 2 heteroatoms. The number of aliphatic hydroxyl groups is 1. The van der Waals surface area contributed by atoms with E-state index in [0.29, 0.717) is 17.8 Å². The summed E-state index contributed by atoms with van der Waals surface area (Å²) in [6.07, 6.45) is 6.55. The molecule has 2 aromatic rings. The summed E-state index contributed by atoms with van der Waals surface area (Å²) >= 11 is 0. The van der Waals surface area contributed by atoms with E-state index in [0.717, 1.165) is 6.42 Å². The van der Waals surface area contributed by atoms with E-state index in [-0.39, 0.29) is 6.10 Å². The zero-order valence-electron chi connectivity index (χ0n) is 11.4. The summed E-state index contributed by atoms with van der Waals surface area (Å²) in [6.45, 7) is 0. The molecular formula is C18H19NO. The summed E-state index contributed by atoms with van der Waals surface area (Å²) in [4.78, 5) is 4.03. The van der Waals surface area contributed by atoms with Gasteiger partial charge in [0.05, 0.1) is 6.10 Å². The monoisotopic (exact) mass is 265 g/mol. The normalized spacial score (nSPS) is 28.4. The Hall–Kier alpha value is -1.67. The van der Waals surface area contributed by atoms with E-state index in [4.69, 9.17) is 0 Å². The number of hydrogen-bond acceptors (Lipinski definition) is 2. The first-order valence-electron chi connectivity index (χ1n) is 7.49. The Morgan fingerprint density at radius 1 is 1.15 bits per heavy atom. The second kappa shape index (κ2) is 4.71. The fraction of sp³-hybridized carbons (Fsp3) is 0.389. The number of pyridine rings is 1. The lowest BCUT2D eigenvalue weighted by atomic mass is 9.92. The second-order valence-corrected chi connectivity index (χ2v) is 6.13. The lowest BCUT2D eigenvalue weighted by Crippen LogP contribution is -2.15. The van der Waals surface area contributed by atoms with E-state index >= 15 is 0 Å². The van der Waals surface area contributed by atoms with Crippen LogP contribution in [-0.2, 0) is 12.8 Å². The van der Waals surface area contributed by atoms with Crippen LogP contribution in [0.1, 0.15) is 29.0 Å². The molecule has 0 aliphatic heterocycles. The second-order valence-electron chi connectivity index (χ2n) is 6.13. The minimum absolute atomic E-state index is 0.224. The number of hydrogen-bond donors (Lipinski definition) is 1. The van der Waals surface area contributed by atoms with Crippen molar-refractivity contribution in [3.63, 3.8) is 0 Å². The van der Waals surface area contributed by atoms with Crippen molar-refractivity contribution in [1.82, 2.24) is 4.98 Å². The molecule has 2 aliphatic rings. The molecule has 0 bridgehead atoms. The minimum Gasteiger partial charge on any atom is -0.392 e. The number of aliphatic hydroxyl groups excluding tert-OH is 1. The van der Waals surface area contributed by atoms with E-state index in [1.54, 1.807) is 12.4 Å². The first-order chi connectivity index (χ1) is 9.84. The van der Waals surface area contributed by atoms with Gasteiger partial charge >= 0.3 is 0 Å². The molecule has 1 heterocycles. The number of aromatic nitrogens is 1. The SMILES string of the molecule is OC(Cc1ccncc1)C1C2CCc3ccccc3C21. The van der Waals surface area contributed by atoms with Crippen LogP contribution in [0.4, 0.5) is 0 Å². The summed E-state index contributed by atoms with van der Waals surface area (Å²) in [6, 6.07) is 12.8. The summed E-state index contributed by atoms with van der Waals surface area (Å²) in [7, 11) is 0. The van der Waals surface area contributed by atoms with Gasteiger partial charge in [0, 0.05) is 12.4 Å². The Morgan fingerprint density at radius 2 is 1.95 bits per heavy atom. The van der Waals surface area contributed by atoms with Gasteiger partial charge in [-0.1, -0.05) is 24.3 Å². The average Bonchev–Trinajstić information content (AvgIpc) is 3.23. The molecule has 20 heavy (non-hydrogen) atoms. The van der Waals surface area contributed by atoms with Gasteiger partial charge in [0.15, 0.2) is 0 Å². The minimum atomic E-state index is -0.224. The maximum atomic E-state index is 10.6. The highest BCUT2D eigenvalue weighted by Crippen LogP contribution is 2.61. The molecule has 2 aliphatic carbocycles. The molecule has 0 amide bonds. The van der Waals surface area contributed by atoms with Crippen molar-refractivity contribution in [3.05, 3.63) is 65.5 Å². The molecule has 2 nitrogen and oxygen atoms in total. The van der Waals surface area contributed by atoms with E-state index < -0.39 is 0 Å². The molecule has 1 N–H and O–H groups in total. The molecule has 0 spiro atoms. The highest BCUT2D eigenvalue weighted by atomic mass is 16.3. The molecule has 1 fully saturated rings. The van der Waals surface area contributed by atoms with E-state index in [1.807, 2.05) is 12.1 Å². The Balaban J connectivity index is 1.52. The van der Waals surface area contributed by atoms with Crippen LogP contribution >= 0.6 is 0 Å². The zero-order chi connectivity index (χ0) is 13.5. The van der Waals surface area contributed by atoms with Crippen LogP contribution in [0.15, 0.2) is 48.8 Å². The molecule has 4 unspecified atom stereocenters. The quantitative estimate of drug-likeness (QED) is 0.925. The van der Waals surface area contributed by atoms with Crippen LogP contribution in [-0.4, -0.2) is 16.2 Å². The topological polar surface area (TPSA) is 33.1 Å². The van der Waals surface area contributed by atoms with Crippen LogP contribution in [0, 0.1) is 11.8 Å². The van der Waals surface area contributed by atoms with Crippen LogP contribution in [0.2, 0.25) is 0 Å². The Labute approximate surface area is 119 Å². The standard InChI is InChI=1S/C18H19NO/c20-16(11-12-7-9-19-10-8-12)18-15-6-5-13-3-1-2-4-14(13)17(15)18/h1-4,7-10,15-18,20H,5-6,11H2. The van der Waals surface area contributed by atoms with Gasteiger partial charge in [-0.25, -0.2) is 0 Å². The van der Waals surface area contributed by atoms with Gasteiger partial charge in [0.1, 0.15) is 0 Å². The number of rotatable bonds is 3. The predicted octanol–water partition coefficient (Wildman–Crippen LogP) is 2.96. The summed E-state index contributed by atoms with van der Waals surface area (Å²) in [5.41, 5.74) is 4.17. The van der Waals surface area contributed by atoms with Gasteiger partial charge in [-0.15, -0.1) is 0 Å². The average molecular weight is 265 g/mol. The van der Waals surface area contributed by atoms with Gasteiger partial charge in [-0.3, -0.25) is 4.98 Å². The Kier molecular flexibility index (Phi) is 2.85. The van der Waals surface area contributed by atoms with Crippen molar-refractivity contribution in [2.75, 3.05) is 0 Å². The number of aryl methyl sites for hydroxylation is 1. The van der Waals surface area contributed by atoms with Crippen LogP contribution in [0.3, 0.4) is 0 Å². The fourth-order valence-electron chi connectivity index (χ4n) is 4.04. The Morgan fingerprint density at radius 3 is 2.80 bits per heavy atom. The first-order valence-corrected chi connectivity index (χ1v) is 7.49. The Bertz CT molecular complexity index is 610. The third-order valence-electron chi connectivity index (χ3n) is 5.03. The fourth-order valence-corrected chi connectivity index (χ4v) is 4.04. The number of fused-ring (bicyclic) bond motifs is 3. The van der Waals surface area contributed by atoms with Crippen LogP contribution in [0.25, 0.3) is 0 Å². The van der Waals surface area contributed by atoms with Crippen molar-refractivity contribution in [1.29, 1.82) is 0 Å². The first kappa shape index (κ1) is 12.1. The maximum absolute atomic E-state index is 10.6. The van der Waals surface area contributed by atoms with E-state index in [1.165, 1.54) is 29.5 Å². The molecule has 1 aromatic heterocycles. The van der Waals surface area contributed by atoms with Crippen molar-refractivity contribution < 1.29 is 5.11 Å². The van der Waals surface area contributed by atoms with Gasteiger partial charge < -0.3 is 5.11 Å². The molecule has 0 saturated heterocycles. The number of nitrogens with zero attached hydrogens (tertiary/aromatic N) is 1. The smallest absolute Gasteiger partial charge is 0.0617 e. The van der Waals surface area contributed by atoms with Gasteiger partial charge in [0.2, 0.25) is 0 Å². The van der Waals surface area contributed by atoms with E-state index in [2.05, 4.69) is 29.2 Å². The summed E-state index contributed by atoms with van der Waals surface area (Å²) in [5, 5.41) is 10.6. The predicted molar refractivity (Wildman–Crippen MR) is 78.4 cm³/mol. The highest BCUT2D eigenvalue weighted by Gasteiger charge is 2.55. The lowest BCUT2D eigenvalue weighted by molar-refractivity contribution is 0.143. The molecule has 0 radical (unpaired) electrons. The highest BCUT2D eigenvalue weighted by molar-refractivity contribution is 5.40. The van der Waals surface area contributed by atoms with Crippen molar-refractivity contribution in [2.45, 2.75) is 31.3 Å². The number of benzene rings is 1. The summed E-state index contributed by atoms with van der Waals surface area (Å²) < 4.78 is 0. The molecule has 4 rings (SSSR count). The van der Waals surface area contributed by atoms with Crippen LogP contribution < -0.4 is 0 Å². The van der Waals surface area contributed by atoms with E-state index in [9.17, 15) is 5.11 Å². The molecule has 102 valence electrons. The lowest BCUT2D eigenvalue weighted by Gasteiger charge is -2.13. The van der Waals surface area contributed by atoms with Crippen LogP contribution in [0.5, 0.6) is 0 Å². The third-order valence-corrected chi connectivity index (χ3v) is 5.03. The van der Waals surface area contributed by atoms with Gasteiger partial charge in [-0.2, -0.15) is 0 Å². The molecule has 1 saturated carbocycles.